The third-order valence-corrected chi connectivity index (χ3v) is 4.68. The minimum Gasteiger partial charge on any atom is -0.467 e. The predicted octanol–water partition coefficient (Wildman–Crippen LogP) is 4.11. The lowest BCUT2D eigenvalue weighted by atomic mass is 10.1. The molecule has 1 aliphatic heterocycles. The van der Waals surface area contributed by atoms with Crippen LogP contribution in [0.4, 0.5) is 0 Å². The van der Waals surface area contributed by atoms with Crippen molar-refractivity contribution in [3.05, 3.63) is 69.2 Å². The zero-order valence-corrected chi connectivity index (χ0v) is 16.3. The summed E-state index contributed by atoms with van der Waals surface area (Å²) in [5, 5.41) is 5.24. The second-order valence-corrected chi connectivity index (χ2v) is 6.93. The quantitative estimate of drug-likeness (QED) is 0.592. The van der Waals surface area contributed by atoms with Crippen molar-refractivity contribution in [1.82, 2.24) is 14.8 Å². The fourth-order valence-corrected chi connectivity index (χ4v) is 3.38. The standard InChI is InChI=1S/C19H15Cl2N3O4/c1-11-22-18(23-24(11)16-5-3-2-4-15(16)21)19(25)27-9-13-7-14(20)6-12-8-26-10-28-17(12)13/h2-7H,8-10H2,1H3. The molecule has 1 aliphatic rings. The van der Waals surface area contributed by atoms with E-state index in [1.807, 2.05) is 12.1 Å². The summed E-state index contributed by atoms with van der Waals surface area (Å²) in [5.74, 6) is 0.419. The summed E-state index contributed by atoms with van der Waals surface area (Å²) in [6.45, 7) is 2.23. The number of nitrogens with zero attached hydrogens (tertiary/aromatic N) is 3. The van der Waals surface area contributed by atoms with Crippen LogP contribution in [0.15, 0.2) is 36.4 Å². The summed E-state index contributed by atoms with van der Waals surface area (Å²) in [5.41, 5.74) is 2.09. The molecule has 2 heterocycles. The van der Waals surface area contributed by atoms with Gasteiger partial charge in [-0.3, -0.25) is 0 Å². The van der Waals surface area contributed by atoms with Gasteiger partial charge in [-0.2, -0.15) is 0 Å². The number of carbonyl (C=O) groups excluding carboxylic acids is 1. The van der Waals surface area contributed by atoms with Crippen LogP contribution in [0.1, 0.15) is 27.6 Å². The maximum absolute atomic E-state index is 12.5. The van der Waals surface area contributed by atoms with Gasteiger partial charge in [0, 0.05) is 16.1 Å². The minimum atomic E-state index is -0.658. The van der Waals surface area contributed by atoms with E-state index in [9.17, 15) is 4.79 Å². The summed E-state index contributed by atoms with van der Waals surface area (Å²) in [6.07, 6.45) is 0. The number of halogens is 2. The zero-order chi connectivity index (χ0) is 19.7. The molecule has 9 heteroatoms. The van der Waals surface area contributed by atoms with Gasteiger partial charge in [0.2, 0.25) is 0 Å². The molecule has 7 nitrogen and oxygen atoms in total. The van der Waals surface area contributed by atoms with Gasteiger partial charge in [-0.15, -0.1) is 5.10 Å². The summed E-state index contributed by atoms with van der Waals surface area (Å²) in [4.78, 5) is 16.6. The van der Waals surface area contributed by atoms with E-state index in [1.54, 1.807) is 31.2 Å². The third-order valence-electron chi connectivity index (χ3n) is 4.14. The van der Waals surface area contributed by atoms with E-state index in [4.69, 9.17) is 37.4 Å². The van der Waals surface area contributed by atoms with Crippen molar-refractivity contribution in [3.63, 3.8) is 0 Å². The molecule has 0 amide bonds. The Hall–Kier alpha value is -2.61. The summed E-state index contributed by atoms with van der Waals surface area (Å²) >= 11 is 12.3. The van der Waals surface area contributed by atoms with Gasteiger partial charge in [-0.1, -0.05) is 35.3 Å². The molecule has 144 valence electrons. The number of esters is 1. The van der Waals surface area contributed by atoms with E-state index >= 15 is 0 Å². The lowest BCUT2D eigenvalue weighted by Crippen LogP contribution is -2.15. The maximum Gasteiger partial charge on any atom is 0.378 e. The Kier molecular flexibility index (Phi) is 5.21. The Bertz CT molecular complexity index is 1050. The second-order valence-electron chi connectivity index (χ2n) is 6.09. The number of benzene rings is 2. The van der Waals surface area contributed by atoms with E-state index in [0.29, 0.717) is 39.5 Å². The first-order valence-electron chi connectivity index (χ1n) is 8.40. The van der Waals surface area contributed by atoms with Crippen molar-refractivity contribution >= 4 is 29.2 Å². The number of hydrogen-bond donors (Lipinski definition) is 0. The first-order valence-corrected chi connectivity index (χ1v) is 9.16. The average molecular weight is 420 g/mol. The third kappa shape index (κ3) is 3.69. The number of ether oxygens (including phenoxy) is 3. The van der Waals surface area contributed by atoms with Crippen LogP contribution in [-0.2, 0) is 22.7 Å². The molecule has 0 aliphatic carbocycles. The first-order chi connectivity index (χ1) is 13.5. The first kappa shape index (κ1) is 18.7. The number of rotatable bonds is 4. The molecule has 0 bridgehead atoms. The second kappa shape index (κ2) is 7.79. The van der Waals surface area contributed by atoms with Crippen molar-refractivity contribution in [2.75, 3.05) is 6.79 Å². The van der Waals surface area contributed by atoms with Crippen molar-refractivity contribution in [2.24, 2.45) is 0 Å². The van der Waals surface area contributed by atoms with Crippen LogP contribution in [0.3, 0.4) is 0 Å². The zero-order valence-electron chi connectivity index (χ0n) is 14.8. The van der Waals surface area contributed by atoms with E-state index in [2.05, 4.69) is 10.1 Å². The number of fused-ring (bicyclic) bond motifs is 1. The highest BCUT2D eigenvalue weighted by atomic mass is 35.5. The molecule has 0 N–H and O–H groups in total. The number of para-hydroxylation sites is 1. The minimum absolute atomic E-state index is 0.0264. The van der Waals surface area contributed by atoms with Crippen LogP contribution in [0.25, 0.3) is 5.69 Å². The van der Waals surface area contributed by atoms with Gasteiger partial charge in [0.25, 0.3) is 5.82 Å². The number of aromatic nitrogens is 3. The Morgan fingerprint density at radius 2 is 2.11 bits per heavy atom. The van der Waals surface area contributed by atoms with Gasteiger partial charge in [-0.05, 0) is 31.2 Å². The predicted molar refractivity (Wildman–Crippen MR) is 102 cm³/mol. The Morgan fingerprint density at radius 3 is 2.93 bits per heavy atom. The van der Waals surface area contributed by atoms with Crippen LogP contribution in [-0.4, -0.2) is 27.5 Å². The van der Waals surface area contributed by atoms with Gasteiger partial charge < -0.3 is 14.2 Å². The van der Waals surface area contributed by atoms with Crippen LogP contribution in [0.5, 0.6) is 5.75 Å². The molecular formula is C19H15Cl2N3O4. The number of aryl methyl sites for hydroxylation is 1. The van der Waals surface area contributed by atoms with Crippen molar-refractivity contribution < 1.29 is 19.0 Å². The number of carbonyl (C=O) groups is 1. The van der Waals surface area contributed by atoms with Crippen LogP contribution < -0.4 is 4.74 Å². The normalized spacial score (nSPS) is 13.0. The molecule has 0 atom stereocenters. The van der Waals surface area contributed by atoms with Crippen molar-refractivity contribution in [2.45, 2.75) is 20.1 Å². The largest absolute Gasteiger partial charge is 0.467 e. The molecule has 1 aromatic heterocycles. The number of hydrogen-bond acceptors (Lipinski definition) is 6. The van der Waals surface area contributed by atoms with Crippen molar-refractivity contribution in [3.8, 4) is 11.4 Å². The molecule has 0 radical (unpaired) electrons. The Balaban J connectivity index is 1.54. The van der Waals surface area contributed by atoms with Crippen LogP contribution >= 0.6 is 23.2 Å². The molecule has 4 rings (SSSR count). The molecule has 3 aromatic rings. The molecule has 28 heavy (non-hydrogen) atoms. The average Bonchev–Trinajstić information content (AvgIpc) is 3.07. The summed E-state index contributed by atoms with van der Waals surface area (Å²) in [6, 6.07) is 10.6. The molecule has 0 saturated carbocycles. The highest BCUT2D eigenvalue weighted by Gasteiger charge is 2.21. The Morgan fingerprint density at radius 1 is 1.29 bits per heavy atom. The van der Waals surface area contributed by atoms with E-state index < -0.39 is 5.97 Å². The monoisotopic (exact) mass is 419 g/mol. The fraction of sp³-hybridized carbons (Fsp3) is 0.211. The molecule has 0 saturated heterocycles. The molecular weight excluding hydrogens is 405 g/mol. The summed E-state index contributed by atoms with van der Waals surface area (Å²) in [7, 11) is 0. The SMILES string of the molecule is Cc1nc(C(=O)OCc2cc(Cl)cc3c2OCOC3)nn1-c1ccccc1Cl. The van der Waals surface area contributed by atoms with Crippen molar-refractivity contribution in [1.29, 1.82) is 0 Å². The smallest absolute Gasteiger partial charge is 0.378 e. The van der Waals surface area contributed by atoms with E-state index in [-0.39, 0.29) is 19.2 Å². The topological polar surface area (TPSA) is 75.5 Å². The maximum atomic E-state index is 12.5. The lowest BCUT2D eigenvalue weighted by molar-refractivity contribution is -0.0180. The fourth-order valence-electron chi connectivity index (χ4n) is 2.90. The highest BCUT2D eigenvalue weighted by Crippen LogP contribution is 2.32. The van der Waals surface area contributed by atoms with Gasteiger partial charge in [-0.25, -0.2) is 14.5 Å². The van der Waals surface area contributed by atoms with E-state index in [1.165, 1.54) is 4.68 Å². The van der Waals surface area contributed by atoms with Gasteiger partial charge in [0.15, 0.2) is 6.79 Å². The Labute approximate surface area is 170 Å². The highest BCUT2D eigenvalue weighted by molar-refractivity contribution is 6.32. The molecule has 0 unspecified atom stereocenters. The van der Waals surface area contributed by atoms with Gasteiger partial charge >= 0.3 is 5.97 Å². The van der Waals surface area contributed by atoms with E-state index in [0.717, 1.165) is 5.56 Å². The molecule has 0 fully saturated rings. The molecule has 0 spiro atoms. The van der Waals surface area contributed by atoms with Crippen LogP contribution in [0, 0.1) is 6.92 Å². The lowest BCUT2D eigenvalue weighted by Gasteiger charge is -2.20. The van der Waals surface area contributed by atoms with Gasteiger partial charge in [0.05, 0.1) is 17.3 Å². The van der Waals surface area contributed by atoms with Crippen LogP contribution in [0.2, 0.25) is 10.0 Å². The van der Waals surface area contributed by atoms with Gasteiger partial charge in [0.1, 0.15) is 18.2 Å². The summed E-state index contributed by atoms with van der Waals surface area (Å²) < 4.78 is 17.6. The molecule has 2 aromatic carbocycles.